The molecule has 1 saturated carbocycles. The maximum Gasteiger partial charge on any atom is 0.126 e. The van der Waals surface area contributed by atoms with E-state index in [4.69, 9.17) is 0 Å². The number of rotatable bonds is 2. The van der Waals surface area contributed by atoms with Crippen LogP contribution in [0, 0.1) is 0 Å². The summed E-state index contributed by atoms with van der Waals surface area (Å²) in [5.41, 5.74) is 0.957. The molecule has 3 rings (SSSR count). The first-order valence-electron chi connectivity index (χ1n) is 4.89. The van der Waals surface area contributed by atoms with E-state index in [1.165, 1.54) is 12.8 Å². The van der Waals surface area contributed by atoms with E-state index in [2.05, 4.69) is 21.4 Å². The molecule has 16 heavy (non-hydrogen) atoms. The van der Waals surface area contributed by atoms with E-state index in [9.17, 15) is 0 Å². The van der Waals surface area contributed by atoms with Crippen molar-refractivity contribution in [3.63, 3.8) is 0 Å². The number of hydrogen-bond donors (Lipinski definition) is 1. The van der Waals surface area contributed by atoms with Crippen molar-refractivity contribution in [3.05, 3.63) is 30.6 Å². The number of nitrogens with one attached hydrogen (secondary N) is 1. The molecule has 0 radical (unpaired) electrons. The smallest absolute Gasteiger partial charge is 0.126 e. The number of hydrogen-bond acceptors (Lipinski definition) is 3. The van der Waals surface area contributed by atoms with Gasteiger partial charge in [0.1, 0.15) is 5.82 Å². The first kappa shape index (κ1) is 13.0. The molecule has 86 valence electrons. The maximum absolute atomic E-state index is 4.48. The van der Waals surface area contributed by atoms with Crippen LogP contribution in [0.5, 0.6) is 0 Å². The van der Waals surface area contributed by atoms with Gasteiger partial charge in [-0.05, 0) is 31.0 Å². The standard InChI is InChI=1S/C11H11N3.2ClH/c1-4-11(13-9-2-3-9)14-10-7-12-6-5-8(1)10;;/h1,4-7,9H,2-3H2,(H,13,14);2*1H. The number of anilines is 1. The summed E-state index contributed by atoms with van der Waals surface area (Å²) in [6.45, 7) is 0. The summed E-state index contributed by atoms with van der Waals surface area (Å²) in [6.07, 6.45) is 6.13. The molecular weight excluding hydrogens is 245 g/mol. The zero-order valence-electron chi connectivity index (χ0n) is 8.59. The molecule has 0 atom stereocenters. The highest BCUT2D eigenvalue weighted by Gasteiger charge is 2.21. The third kappa shape index (κ3) is 2.74. The van der Waals surface area contributed by atoms with Gasteiger partial charge in [-0.2, -0.15) is 0 Å². The molecule has 3 nitrogen and oxygen atoms in total. The Morgan fingerprint density at radius 2 is 1.94 bits per heavy atom. The monoisotopic (exact) mass is 257 g/mol. The third-order valence-corrected chi connectivity index (χ3v) is 2.42. The van der Waals surface area contributed by atoms with Crippen molar-refractivity contribution < 1.29 is 0 Å². The fourth-order valence-corrected chi connectivity index (χ4v) is 1.48. The molecule has 0 aliphatic heterocycles. The van der Waals surface area contributed by atoms with Crippen LogP contribution in [0.1, 0.15) is 12.8 Å². The lowest BCUT2D eigenvalue weighted by molar-refractivity contribution is 1.12. The minimum Gasteiger partial charge on any atom is -0.367 e. The molecule has 1 N–H and O–H groups in total. The summed E-state index contributed by atoms with van der Waals surface area (Å²) in [5.74, 6) is 0.966. The molecule has 2 heterocycles. The minimum absolute atomic E-state index is 0. The molecule has 1 aliphatic carbocycles. The van der Waals surface area contributed by atoms with Crippen molar-refractivity contribution in [2.75, 3.05) is 5.32 Å². The van der Waals surface area contributed by atoms with Crippen LogP contribution in [-0.4, -0.2) is 16.0 Å². The summed E-state index contributed by atoms with van der Waals surface area (Å²) in [4.78, 5) is 8.54. The van der Waals surface area contributed by atoms with Gasteiger partial charge in [0, 0.05) is 17.6 Å². The van der Waals surface area contributed by atoms with Crippen molar-refractivity contribution in [2.45, 2.75) is 18.9 Å². The molecule has 0 aromatic carbocycles. The van der Waals surface area contributed by atoms with Gasteiger partial charge in [-0.3, -0.25) is 4.98 Å². The van der Waals surface area contributed by atoms with Crippen molar-refractivity contribution in [3.8, 4) is 0 Å². The molecule has 2 aromatic rings. The molecule has 1 aliphatic rings. The van der Waals surface area contributed by atoms with Gasteiger partial charge in [0.25, 0.3) is 0 Å². The van der Waals surface area contributed by atoms with Crippen LogP contribution < -0.4 is 5.32 Å². The molecule has 1 fully saturated rings. The predicted octanol–water partition coefficient (Wildman–Crippen LogP) is 3.05. The SMILES string of the molecule is Cl.Cl.c1cc2ccc(NC3CC3)nc2cn1. The summed E-state index contributed by atoms with van der Waals surface area (Å²) in [5, 5.41) is 4.51. The minimum atomic E-state index is 0. The van der Waals surface area contributed by atoms with Gasteiger partial charge in [-0.15, -0.1) is 24.8 Å². The molecule has 5 heteroatoms. The second kappa shape index (κ2) is 5.32. The summed E-state index contributed by atoms with van der Waals surface area (Å²) >= 11 is 0. The number of aromatic nitrogens is 2. The summed E-state index contributed by atoms with van der Waals surface area (Å²) in [7, 11) is 0. The van der Waals surface area contributed by atoms with Crippen LogP contribution >= 0.6 is 24.8 Å². The van der Waals surface area contributed by atoms with Crippen LogP contribution in [0.2, 0.25) is 0 Å². The number of pyridine rings is 2. The highest BCUT2D eigenvalue weighted by molar-refractivity contribution is 5.85. The molecule has 0 saturated heterocycles. The third-order valence-electron chi connectivity index (χ3n) is 2.42. The Hall–Kier alpha value is -1.06. The molecule has 0 spiro atoms. The molecule has 0 bridgehead atoms. The molecular formula is C11H13Cl2N3. The lowest BCUT2D eigenvalue weighted by atomic mass is 10.2. The highest BCUT2D eigenvalue weighted by Crippen LogP contribution is 2.24. The summed E-state index contributed by atoms with van der Waals surface area (Å²) < 4.78 is 0. The number of fused-ring (bicyclic) bond motifs is 1. The first-order chi connectivity index (χ1) is 6.92. The topological polar surface area (TPSA) is 37.8 Å². The fourth-order valence-electron chi connectivity index (χ4n) is 1.48. The fraction of sp³-hybridized carbons (Fsp3) is 0.273. The molecule has 0 amide bonds. The van der Waals surface area contributed by atoms with Gasteiger partial charge < -0.3 is 5.32 Å². The van der Waals surface area contributed by atoms with E-state index in [0.29, 0.717) is 6.04 Å². The number of nitrogens with zero attached hydrogens (tertiary/aromatic N) is 2. The van der Waals surface area contributed by atoms with Crippen LogP contribution in [0.15, 0.2) is 30.6 Å². The predicted molar refractivity (Wildman–Crippen MR) is 70.7 cm³/mol. The van der Waals surface area contributed by atoms with Gasteiger partial charge >= 0.3 is 0 Å². The maximum atomic E-state index is 4.48. The lowest BCUT2D eigenvalue weighted by Crippen LogP contribution is -2.02. The number of halogens is 2. The van der Waals surface area contributed by atoms with Crippen molar-refractivity contribution in [1.29, 1.82) is 0 Å². The van der Waals surface area contributed by atoms with E-state index in [0.717, 1.165) is 16.7 Å². The molecule has 2 aromatic heterocycles. The highest BCUT2D eigenvalue weighted by atomic mass is 35.5. The van der Waals surface area contributed by atoms with Gasteiger partial charge in [0.2, 0.25) is 0 Å². The van der Waals surface area contributed by atoms with E-state index in [1.54, 1.807) is 12.4 Å². The largest absolute Gasteiger partial charge is 0.367 e. The zero-order valence-corrected chi connectivity index (χ0v) is 10.2. The Morgan fingerprint density at radius 3 is 2.69 bits per heavy atom. The first-order valence-corrected chi connectivity index (χ1v) is 4.89. The van der Waals surface area contributed by atoms with E-state index in [-0.39, 0.29) is 24.8 Å². The Kier molecular flexibility index (Phi) is 4.33. The van der Waals surface area contributed by atoms with Crippen LogP contribution in [0.25, 0.3) is 10.9 Å². The van der Waals surface area contributed by atoms with Crippen molar-refractivity contribution in [1.82, 2.24) is 9.97 Å². The second-order valence-corrected chi connectivity index (χ2v) is 3.68. The van der Waals surface area contributed by atoms with Crippen LogP contribution in [0.4, 0.5) is 5.82 Å². The van der Waals surface area contributed by atoms with E-state index < -0.39 is 0 Å². The van der Waals surface area contributed by atoms with Crippen LogP contribution in [-0.2, 0) is 0 Å². The Labute approximate surface area is 106 Å². The average molecular weight is 258 g/mol. The zero-order chi connectivity index (χ0) is 9.38. The van der Waals surface area contributed by atoms with Crippen molar-refractivity contribution >= 4 is 41.5 Å². The average Bonchev–Trinajstić information content (AvgIpc) is 3.02. The van der Waals surface area contributed by atoms with Gasteiger partial charge in [-0.1, -0.05) is 0 Å². The Morgan fingerprint density at radius 1 is 1.12 bits per heavy atom. The molecule has 0 unspecified atom stereocenters. The normalized spacial score (nSPS) is 13.8. The van der Waals surface area contributed by atoms with Gasteiger partial charge in [0.15, 0.2) is 0 Å². The Bertz CT molecular complexity index is 471. The Balaban J connectivity index is 0.000000640. The second-order valence-electron chi connectivity index (χ2n) is 3.68. The summed E-state index contributed by atoms with van der Waals surface area (Å²) in [6, 6.07) is 6.73. The van der Waals surface area contributed by atoms with Gasteiger partial charge in [-0.25, -0.2) is 4.98 Å². The lowest BCUT2D eigenvalue weighted by Gasteiger charge is -2.03. The van der Waals surface area contributed by atoms with E-state index in [1.807, 2.05) is 12.1 Å². The van der Waals surface area contributed by atoms with Gasteiger partial charge in [0.05, 0.1) is 11.7 Å². The van der Waals surface area contributed by atoms with E-state index >= 15 is 0 Å². The quantitative estimate of drug-likeness (QED) is 0.899. The van der Waals surface area contributed by atoms with Crippen molar-refractivity contribution in [2.24, 2.45) is 0 Å². The van der Waals surface area contributed by atoms with Crippen LogP contribution in [0.3, 0.4) is 0 Å².